The maximum absolute atomic E-state index is 13.0. The molecule has 1 aliphatic carbocycles. The molecule has 1 saturated carbocycles. The lowest BCUT2D eigenvalue weighted by molar-refractivity contribution is 0.101. The Kier molecular flexibility index (Phi) is 3.54. The molecule has 0 aromatic heterocycles. The predicted molar refractivity (Wildman–Crippen MR) is 58.0 cm³/mol. The SMILES string of the molecule is OC1CCCC(Cc2cc(F)cc(F)c2)C1. The molecule has 2 rings (SSSR count). The summed E-state index contributed by atoms with van der Waals surface area (Å²) in [4.78, 5) is 0. The van der Waals surface area contributed by atoms with Crippen molar-refractivity contribution in [2.75, 3.05) is 0 Å². The molecular formula is C13H16F2O. The maximum atomic E-state index is 13.0. The Morgan fingerprint density at radius 2 is 1.81 bits per heavy atom. The number of aliphatic hydroxyl groups excluding tert-OH is 1. The van der Waals surface area contributed by atoms with Crippen LogP contribution in [0.4, 0.5) is 8.78 Å². The Morgan fingerprint density at radius 1 is 1.12 bits per heavy atom. The van der Waals surface area contributed by atoms with Crippen LogP contribution in [0, 0.1) is 17.6 Å². The van der Waals surface area contributed by atoms with E-state index < -0.39 is 11.6 Å². The fraction of sp³-hybridized carbons (Fsp3) is 0.538. The largest absolute Gasteiger partial charge is 0.393 e. The highest BCUT2D eigenvalue weighted by Gasteiger charge is 2.20. The third kappa shape index (κ3) is 3.01. The van der Waals surface area contributed by atoms with Crippen molar-refractivity contribution in [3.05, 3.63) is 35.4 Å². The number of benzene rings is 1. The predicted octanol–water partition coefficient (Wildman–Crippen LogP) is 3.06. The van der Waals surface area contributed by atoms with E-state index in [-0.39, 0.29) is 6.10 Å². The highest BCUT2D eigenvalue weighted by Crippen LogP contribution is 2.27. The Morgan fingerprint density at radius 3 is 2.44 bits per heavy atom. The molecule has 0 saturated heterocycles. The second kappa shape index (κ2) is 4.91. The minimum Gasteiger partial charge on any atom is -0.393 e. The molecule has 2 atom stereocenters. The van der Waals surface area contributed by atoms with E-state index in [1.165, 1.54) is 12.1 Å². The standard InChI is InChI=1S/C13H16F2O/c14-11-5-10(6-12(15)8-11)4-9-2-1-3-13(16)7-9/h5-6,8-9,13,16H,1-4,7H2. The summed E-state index contributed by atoms with van der Waals surface area (Å²) in [6, 6.07) is 3.65. The highest BCUT2D eigenvalue weighted by molar-refractivity contribution is 5.18. The summed E-state index contributed by atoms with van der Waals surface area (Å²) in [5, 5.41) is 9.52. The van der Waals surface area contributed by atoms with Crippen molar-refractivity contribution >= 4 is 0 Å². The van der Waals surface area contributed by atoms with Gasteiger partial charge in [0.15, 0.2) is 0 Å². The van der Waals surface area contributed by atoms with E-state index in [2.05, 4.69) is 0 Å². The zero-order chi connectivity index (χ0) is 11.5. The number of rotatable bonds is 2. The molecule has 0 heterocycles. The van der Waals surface area contributed by atoms with Crippen LogP contribution in [0.2, 0.25) is 0 Å². The lowest BCUT2D eigenvalue weighted by atomic mass is 9.83. The Bertz CT molecular complexity index is 345. The van der Waals surface area contributed by atoms with Crippen molar-refractivity contribution in [2.45, 2.75) is 38.2 Å². The minimum absolute atomic E-state index is 0.239. The summed E-state index contributed by atoms with van der Waals surface area (Å²) < 4.78 is 25.9. The molecule has 1 aromatic rings. The topological polar surface area (TPSA) is 20.2 Å². The van der Waals surface area contributed by atoms with E-state index in [4.69, 9.17) is 0 Å². The van der Waals surface area contributed by atoms with E-state index in [1.807, 2.05) is 0 Å². The Balaban J connectivity index is 2.02. The molecule has 0 bridgehead atoms. The van der Waals surface area contributed by atoms with Crippen molar-refractivity contribution in [2.24, 2.45) is 5.92 Å². The molecule has 1 fully saturated rings. The average molecular weight is 226 g/mol. The highest BCUT2D eigenvalue weighted by atomic mass is 19.1. The van der Waals surface area contributed by atoms with Gasteiger partial charge >= 0.3 is 0 Å². The molecule has 0 aliphatic heterocycles. The van der Waals surface area contributed by atoms with Crippen molar-refractivity contribution in [1.29, 1.82) is 0 Å². The average Bonchev–Trinajstić information content (AvgIpc) is 2.15. The lowest BCUT2D eigenvalue weighted by Gasteiger charge is -2.25. The van der Waals surface area contributed by atoms with Gasteiger partial charge in [-0.15, -0.1) is 0 Å². The van der Waals surface area contributed by atoms with Crippen LogP contribution in [-0.2, 0) is 6.42 Å². The second-order valence-electron chi connectivity index (χ2n) is 4.67. The molecule has 3 heteroatoms. The van der Waals surface area contributed by atoms with Crippen LogP contribution in [0.15, 0.2) is 18.2 Å². The Labute approximate surface area is 94.1 Å². The molecule has 88 valence electrons. The molecule has 0 amide bonds. The van der Waals surface area contributed by atoms with Gasteiger partial charge in [0.05, 0.1) is 6.10 Å². The van der Waals surface area contributed by atoms with Gasteiger partial charge < -0.3 is 5.11 Å². The van der Waals surface area contributed by atoms with Gasteiger partial charge in [0.1, 0.15) is 11.6 Å². The summed E-state index contributed by atoms with van der Waals surface area (Å²) in [5.41, 5.74) is 0.691. The zero-order valence-corrected chi connectivity index (χ0v) is 9.13. The third-order valence-corrected chi connectivity index (χ3v) is 3.20. The van der Waals surface area contributed by atoms with Crippen molar-refractivity contribution in [3.63, 3.8) is 0 Å². The van der Waals surface area contributed by atoms with Gasteiger partial charge in [0.25, 0.3) is 0 Å². The van der Waals surface area contributed by atoms with Gasteiger partial charge in [0.2, 0.25) is 0 Å². The quantitative estimate of drug-likeness (QED) is 0.821. The minimum atomic E-state index is -0.522. The normalized spacial score (nSPS) is 25.7. The van der Waals surface area contributed by atoms with E-state index in [9.17, 15) is 13.9 Å². The first-order chi connectivity index (χ1) is 7.63. The second-order valence-corrected chi connectivity index (χ2v) is 4.67. The van der Waals surface area contributed by atoms with Gasteiger partial charge in [-0.05, 0) is 49.3 Å². The fourth-order valence-electron chi connectivity index (χ4n) is 2.51. The number of aliphatic hydroxyl groups is 1. The molecular weight excluding hydrogens is 210 g/mol. The first kappa shape index (κ1) is 11.5. The monoisotopic (exact) mass is 226 g/mol. The first-order valence-electron chi connectivity index (χ1n) is 5.76. The van der Waals surface area contributed by atoms with Crippen LogP contribution in [-0.4, -0.2) is 11.2 Å². The summed E-state index contributed by atoms with van der Waals surface area (Å²) >= 11 is 0. The van der Waals surface area contributed by atoms with Crippen LogP contribution in [0.25, 0.3) is 0 Å². The first-order valence-corrected chi connectivity index (χ1v) is 5.76. The molecule has 2 unspecified atom stereocenters. The van der Waals surface area contributed by atoms with Crippen molar-refractivity contribution in [3.8, 4) is 0 Å². The molecule has 1 aromatic carbocycles. The van der Waals surface area contributed by atoms with Crippen molar-refractivity contribution in [1.82, 2.24) is 0 Å². The summed E-state index contributed by atoms with van der Waals surface area (Å²) in [6.45, 7) is 0. The number of hydrogen-bond acceptors (Lipinski definition) is 1. The number of halogens is 2. The smallest absolute Gasteiger partial charge is 0.126 e. The van der Waals surface area contributed by atoms with Crippen LogP contribution >= 0.6 is 0 Å². The van der Waals surface area contributed by atoms with Gasteiger partial charge in [-0.25, -0.2) is 8.78 Å². The van der Waals surface area contributed by atoms with E-state index in [0.717, 1.165) is 31.7 Å². The molecule has 16 heavy (non-hydrogen) atoms. The number of hydrogen-bond donors (Lipinski definition) is 1. The van der Waals surface area contributed by atoms with Crippen LogP contribution in [0.5, 0.6) is 0 Å². The molecule has 1 aliphatic rings. The summed E-state index contributed by atoms with van der Waals surface area (Å²) in [6.07, 6.45) is 4.06. The van der Waals surface area contributed by atoms with Crippen LogP contribution in [0.1, 0.15) is 31.2 Å². The molecule has 0 radical (unpaired) electrons. The van der Waals surface area contributed by atoms with E-state index >= 15 is 0 Å². The summed E-state index contributed by atoms with van der Waals surface area (Å²) in [5.74, 6) is -0.692. The van der Waals surface area contributed by atoms with E-state index in [0.29, 0.717) is 17.9 Å². The van der Waals surface area contributed by atoms with Gasteiger partial charge in [0, 0.05) is 6.07 Å². The van der Waals surface area contributed by atoms with Gasteiger partial charge in [-0.2, -0.15) is 0 Å². The maximum Gasteiger partial charge on any atom is 0.126 e. The van der Waals surface area contributed by atoms with Gasteiger partial charge in [-0.3, -0.25) is 0 Å². The molecule has 1 N–H and O–H groups in total. The summed E-state index contributed by atoms with van der Waals surface area (Å²) in [7, 11) is 0. The fourth-order valence-corrected chi connectivity index (χ4v) is 2.51. The van der Waals surface area contributed by atoms with Crippen molar-refractivity contribution < 1.29 is 13.9 Å². The van der Waals surface area contributed by atoms with Crippen LogP contribution in [0.3, 0.4) is 0 Å². The van der Waals surface area contributed by atoms with Crippen LogP contribution < -0.4 is 0 Å². The molecule has 1 nitrogen and oxygen atoms in total. The van der Waals surface area contributed by atoms with Gasteiger partial charge in [-0.1, -0.05) is 6.42 Å². The third-order valence-electron chi connectivity index (χ3n) is 3.20. The zero-order valence-electron chi connectivity index (χ0n) is 9.13. The lowest BCUT2D eigenvalue weighted by Crippen LogP contribution is -2.21. The Hall–Kier alpha value is -0.960. The molecule has 0 spiro atoms. The van der Waals surface area contributed by atoms with E-state index in [1.54, 1.807) is 0 Å².